The van der Waals surface area contributed by atoms with E-state index in [1.54, 1.807) is 39.3 Å². The topological polar surface area (TPSA) is 24.5 Å². The molecule has 0 radical (unpaired) electrons. The highest BCUT2D eigenvalue weighted by molar-refractivity contribution is 5.88. The van der Waals surface area contributed by atoms with Gasteiger partial charge in [-0.25, -0.2) is 0 Å². The van der Waals surface area contributed by atoms with Crippen LogP contribution < -0.4 is 10.1 Å². The summed E-state index contributed by atoms with van der Waals surface area (Å²) in [5.74, 6) is 3.93. The van der Waals surface area contributed by atoms with Crippen molar-refractivity contribution in [1.82, 2.24) is 10.2 Å². The third-order valence-electron chi connectivity index (χ3n) is 23.1. The minimum absolute atomic E-state index is 0.0798. The Balaban J connectivity index is 0.720. The molecule has 0 aromatic heterocycles. The van der Waals surface area contributed by atoms with Crippen LogP contribution in [0.1, 0.15) is 185 Å². The number of rotatable bonds is 21. The van der Waals surface area contributed by atoms with Crippen LogP contribution in [0.15, 0.2) is 276 Å². The van der Waals surface area contributed by atoms with E-state index in [-0.39, 0.29) is 10.8 Å². The number of hydrogen-bond acceptors (Lipinski definition) is 3. The maximum atomic E-state index is 6.50. The fraction of sp³-hybridized carbons (Fsp3) is 0.385. The second kappa shape index (κ2) is 28.6. The van der Waals surface area contributed by atoms with Crippen LogP contribution in [0, 0.1) is 40.4 Å². The third-order valence-corrected chi connectivity index (χ3v) is 23.1. The standard InChI is InChI=1S/C91H102N2O/c1-6-64-29-33-68(34-30-64)72-37-38-74-61-83(54-45-73(74)59-72)94-58-19-9-8-18-57-91(78-23-12-10-13-24-78)87-28-17-16-27-84(87)85-55-53-82(63-88(85)91)93(80-49-41-67(42-50-80)66-39-47-77(48-40-66)90(3,4)5)81-51-43-70(44-52-81)71-21-20-22-76(60-71)86-62-75(69-35-31-65(7-2)32-36-69)46-56-89(86)92-79-25-14-11-15-26-79/h6-7,12,14,17,20-26,28-31,33-40,45,47,49,51,54,56,59-63,65,67,70,75,77,82,85,92H,1-2,8-11,13,15-16,18-19,27,32,41-44,46,48,50,52-53,55,57-58H2,3-5H3. The summed E-state index contributed by atoms with van der Waals surface area (Å²) < 4.78 is 6.50. The molecule has 3 heteroatoms. The number of allylic oxidation sites excluding steroid dienone is 28. The first-order valence-corrected chi connectivity index (χ1v) is 36.7. The van der Waals surface area contributed by atoms with Gasteiger partial charge < -0.3 is 15.0 Å². The van der Waals surface area contributed by atoms with Gasteiger partial charge in [0.1, 0.15) is 5.75 Å². The van der Waals surface area contributed by atoms with Gasteiger partial charge in [0.2, 0.25) is 0 Å². The Bertz CT molecular complexity index is 4020. The second-order valence-corrected chi connectivity index (χ2v) is 29.9. The molecule has 8 atom stereocenters. The Morgan fingerprint density at radius 2 is 1.37 bits per heavy atom. The second-order valence-electron chi connectivity index (χ2n) is 29.9. The van der Waals surface area contributed by atoms with E-state index in [2.05, 4.69) is 251 Å². The number of fused-ring (bicyclic) bond motifs is 3. The SMILES string of the molecule is C=Cc1ccc(-c2ccc3cc(OCCCCCCC4(C5=CCCC=C5)C5=CC(N(C6=CCC(C7=CCC(C(C)(C)C)C=C7)CC6)C6=CCC(c7cccc(C8=CC(C9=CCC(C=C)C=C9)CC=C8NC8=CCCC=C8)c7)CC6)CCC5C5=C4C=CCC5)ccc3c2)cc1. The van der Waals surface area contributed by atoms with Crippen LogP contribution in [-0.2, 0) is 0 Å². The van der Waals surface area contributed by atoms with Crippen LogP contribution in [0.4, 0.5) is 0 Å². The summed E-state index contributed by atoms with van der Waals surface area (Å²) in [5.41, 5.74) is 23.3. The average Bonchev–Trinajstić information content (AvgIpc) is 1.55. The Kier molecular flexibility index (Phi) is 19.3. The van der Waals surface area contributed by atoms with Crippen LogP contribution in [-0.4, -0.2) is 17.5 Å². The first kappa shape index (κ1) is 63.5. The number of nitrogens with zero attached hydrogens (tertiary/aromatic N) is 1. The van der Waals surface area contributed by atoms with Crippen LogP contribution >= 0.6 is 0 Å². The predicted octanol–water partition coefficient (Wildman–Crippen LogP) is 24.3. The first-order chi connectivity index (χ1) is 46.1. The molecule has 1 N–H and O–H groups in total. The van der Waals surface area contributed by atoms with Gasteiger partial charge in [-0.05, 0) is 236 Å². The molecular weight excluding hydrogens is 1140 g/mol. The number of benzene rings is 4. The summed E-state index contributed by atoms with van der Waals surface area (Å²) in [5, 5.41) is 6.36. The molecule has 14 rings (SSSR count). The lowest BCUT2D eigenvalue weighted by molar-refractivity contribution is 0.270. The molecule has 3 nitrogen and oxygen atoms in total. The van der Waals surface area contributed by atoms with E-state index in [1.807, 2.05) is 6.08 Å². The molecule has 0 bridgehead atoms. The Morgan fingerprint density at radius 3 is 2.11 bits per heavy atom. The average molecular weight is 1240 g/mol. The van der Waals surface area contributed by atoms with Crippen molar-refractivity contribution in [2.75, 3.05) is 6.61 Å². The smallest absolute Gasteiger partial charge is 0.119 e. The maximum Gasteiger partial charge on any atom is 0.119 e. The van der Waals surface area contributed by atoms with Crippen LogP contribution in [0.3, 0.4) is 0 Å². The summed E-state index contributed by atoms with van der Waals surface area (Å²) >= 11 is 0. The summed E-state index contributed by atoms with van der Waals surface area (Å²) in [6.07, 6.45) is 77.0. The zero-order valence-electron chi connectivity index (χ0n) is 56.8. The lowest BCUT2D eigenvalue weighted by Gasteiger charge is -2.45. The molecule has 0 spiro atoms. The van der Waals surface area contributed by atoms with E-state index in [0.29, 0.717) is 41.5 Å². The highest BCUT2D eigenvalue weighted by Crippen LogP contribution is 2.63. The van der Waals surface area contributed by atoms with E-state index >= 15 is 0 Å². The molecule has 94 heavy (non-hydrogen) atoms. The summed E-state index contributed by atoms with van der Waals surface area (Å²) in [7, 11) is 0. The fourth-order valence-electron chi connectivity index (χ4n) is 17.7. The van der Waals surface area contributed by atoms with Crippen molar-refractivity contribution in [3.8, 4) is 16.9 Å². The normalized spacial score (nSPS) is 26.5. The van der Waals surface area contributed by atoms with Gasteiger partial charge in [0.25, 0.3) is 0 Å². The van der Waals surface area contributed by atoms with Crippen molar-refractivity contribution >= 4 is 22.4 Å². The predicted molar refractivity (Wildman–Crippen MR) is 399 cm³/mol. The number of hydrogen-bond donors (Lipinski definition) is 1. The molecule has 8 unspecified atom stereocenters. The highest BCUT2D eigenvalue weighted by atomic mass is 16.5. The lowest BCUT2D eigenvalue weighted by atomic mass is 9.64. The van der Waals surface area contributed by atoms with Crippen LogP contribution in [0.25, 0.3) is 33.5 Å². The van der Waals surface area contributed by atoms with Crippen LogP contribution in [0.2, 0.25) is 0 Å². The first-order valence-electron chi connectivity index (χ1n) is 36.7. The highest BCUT2D eigenvalue weighted by Gasteiger charge is 2.52. The Labute approximate surface area is 564 Å². The molecule has 4 aromatic carbocycles. The largest absolute Gasteiger partial charge is 0.494 e. The van der Waals surface area contributed by atoms with E-state index in [0.717, 1.165) is 108 Å². The molecule has 0 saturated heterocycles. The van der Waals surface area contributed by atoms with Crippen LogP contribution in [0.5, 0.6) is 5.75 Å². The van der Waals surface area contributed by atoms with Crippen molar-refractivity contribution in [3.05, 3.63) is 293 Å². The molecule has 0 aliphatic heterocycles. The molecule has 4 aromatic rings. The number of ether oxygens (including phenoxy) is 1. The quantitative estimate of drug-likeness (QED) is 0.0665. The van der Waals surface area contributed by atoms with Crippen molar-refractivity contribution in [2.24, 2.45) is 40.4 Å². The monoisotopic (exact) mass is 1240 g/mol. The van der Waals surface area contributed by atoms with E-state index < -0.39 is 0 Å². The molecule has 0 fully saturated rings. The fourth-order valence-corrected chi connectivity index (χ4v) is 17.7. The Morgan fingerprint density at radius 1 is 0.606 bits per heavy atom. The number of nitrogens with one attached hydrogen (secondary N) is 1. The maximum absolute atomic E-state index is 6.50. The summed E-state index contributed by atoms with van der Waals surface area (Å²) in [6, 6.07) is 32.0. The molecule has 0 heterocycles. The molecular formula is C91H102N2O. The molecule has 10 aliphatic carbocycles. The number of unbranched alkanes of at least 4 members (excludes halogenated alkanes) is 3. The molecule has 482 valence electrons. The lowest BCUT2D eigenvalue weighted by Crippen LogP contribution is -2.39. The molecule has 0 amide bonds. The van der Waals surface area contributed by atoms with Gasteiger partial charge in [-0.1, -0.05) is 246 Å². The van der Waals surface area contributed by atoms with Crippen molar-refractivity contribution < 1.29 is 4.74 Å². The van der Waals surface area contributed by atoms with Crippen molar-refractivity contribution in [1.29, 1.82) is 0 Å². The van der Waals surface area contributed by atoms with E-state index in [9.17, 15) is 0 Å². The minimum atomic E-state index is -0.0798. The third kappa shape index (κ3) is 13.7. The van der Waals surface area contributed by atoms with Gasteiger partial charge in [-0.3, -0.25) is 0 Å². The molecule has 10 aliphatic rings. The zero-order chi connectivity index (χ0) is 64.0. The summed E-state index contributed by atoms with van der Waals surface area (Å²) in [6.45, 7) is 16.0. The van der Waals surface area contributed by atoms with Gasteiger partial charge in [0.15, 0.2) is 0 Å². The van der Waals surface area contributed by atoms with E-state index in [1.165, 1.54) is 107 Å². The zero-order valence-corrected chi connectivity index (χ0v) is 56.8. The van der Waals surface area contributed by atoms with Crippen molar-refractivity contribution in [2.45, 2.75) is 174 Å². The van der Waals surface area contributed by atoms with Gasteiger partial charge in [-0.2, -0.15) is 0 Å². The Hall–Kier alpha value is -7.88. The van der Waals surface area contributed by atoms with E-state index in [4.69, 9.17) is 4.74 Å². The minimum Gasteiger partial charge on any atom is -0.494 e. The summed E-state index contributed by atoms with van der Waals surface area (Å²) in [4.78, 5) is 2.96. The van der Waals surface area contributed by atoms with Gasteiger partial charge >= 0.3 is 0 Å². The van der Waals surface area contributed by atoms with Gasteiger partial charge in [-0.15, -0.1) is 6.58 Å². The molecule has 0 saturated carbocycles. The van der Waals surface area contributed by atoms with Gasteiger partial charge in [0, 0.05) is 45.6 Å². The van der Waals surface area contributed by atoms with Crippen molar-refractivity contribution in [3.63, 3.8) is 0 Å². The van der Waals surface area contributed by atoms with Gasteiger partial charge in [0.05, 0.1) is 12.6 Å².